The summed E-state index contributed by atoms with van der Waals surface area (Å²) in [5, 5.41) is 19.0. The molecular weight excluding hydrogens is 490 g/mol. The normalized spacial score (nSPS) is 20.8. The Hall–Kier alpha value is -3.12. The van der Waals surface area contributed by atoms with Gasteiger partial charge >= 0.3 is 0 Å². The van der Waals surface area contributed by atoms with Crippen molar-refractivity contribution in [3.05, 3.63) is 43.0 Å². The lowest BCUT2D eigenvalue weighted by Crippen LogP contribution is -2.38. The third kappa shape index (κ3) is 5.90. The molecule has 194 valence electrons. The molecule has 2 atom stereocenters. The van der Waals surface area contributed by atoms with Crippen LogP contribution in [0.25, 0.3) is 21.5 Å². The minimum absolute atomic E-state index is 0.0618. The maximum atomic E-state index is 10.3. The molecule has 1 saturated heterocycles. The number of ether oxygens (including phenoxy) is 2. The molecule has 0 radical (unpaired) electrons. The lowest BCUT2D eigenvalue weighted by Gasteiger charge is -2.27. The highest BCUT2D eigenvalue weighted by atomic mass is 32.1. The van der Waals surface area contributed by atoms with Crippen LogP contribution in [0, 0.1) is 0 Å². The Kier molecular flexibility index (Phi) is 7.27. The van der Waals surface area contributed by atoms with E-state index < -0.39 is 0 Å². The smallest absolute Gasteiger partial charge is 0.238 e. The van der Waals surface area contributed by atoms with Gasteiger partial charge in [0.15, 0.2) is 5.13 Å². The van der Waals surface area contributed by atoms with Crippen LogP contribution in [0.5, 0.6) is 11.6 Å². The van der Waals surface area contributed by atoms with E-state index in [2.05, 4.69) is 30.3 Å². The molecule has 1 aliphatic heterocycles. The SMILES string of the molecule is O[C@@H]1CCCC[C@H]1Nc1nc2ccc(Oc3cncc(-c4cnn(CCN5CCOCC5)c4)n3)cc2s1. The van der Waals surface area contributed by atoms with Crippen molar-refractivity contribution in [1.82, 2.24) is 29.6 Å². The number of morpholine rings is 1. The van der Waals surface area contributed by atoms with Crippen molar-refractivity contribution in [1.29, 1.82) is 0 Å². The summed E-state index contributed by atoms with van der Waals surface area (Å²) in [7, 11) is 0. The Labute approximate surface area is 219 Å². The average molecular weight is 522 g/mol. The van der Waals surface area contributed by atoms with E-state index in [9.17, 15) is 5.11 Å². The molecule has 4 heterocycles. The quantitative estimate of drug-likeness (QED) is 0.358. The minimum Gasteiger partial charge on any atom is -0.437 e. The van der Waals surface area contributed by atoms with E-state index >= 15 is 0 Å². The maximum Gasteiger partial charge on any atom is 0.238 e. The van der Waals surface area contributed by atoms with Crippen LogP contribution in [0.1, 0.15) is 25.7 Å². The Bertz CT molecular complexity index is 1340. The van der Waals surface area contributed by atoms with Gasteiger partial charge in [0.2, 0.25) is 5.88 Å². The summed E-state index contributed by atoms with van der Waals surface area (Å²) >= 11 is 1.56. The first-order valence-electron chi connectivity index (χ1n) is 12.9. The lowest BCUT2D eigenvalue weighted by molar-refractivity contribution is 0.0360. The van der Waals surface area contributed by atoms with E-state index in [1.807, 2.05) is 35.3 Å². The zero-order chi connectivity index (χ0) is 25.0. The van der Waals surface area contributed by atoms with Crippen molar-refractivity contribution in [3.63, 3.8) is 0 Å². The predicted octanol–water partition coefficient (Wildman–Crippen LogP) is 3.79. The molecule has 6 rings (SSSR count). The van der Waals surface area contributed by atoms with E-state index in [0.717, 1.165) is 86.0 Å². The number of aromatic nitrogens is 5. The molecule has 2 fully saturated rings. The van der Waals surface area contributed by atoms with E-state index in [1.165, 1.54) is 0 Å². The topological polar surface area (TPSA) is 110 Å². The van der Waals surface area contributed by atoms with Gasteiger partial charge in [-0.2, -0.15) is 5.10 Å². The van der Waals surface area contributed by atoms with Crippen LogP contribution < -0.4 is 10.1 Å². The van der Waals surface area contributed by atoms with Crippen LogP contribution in [0.15, 0.2) is 43.0 Å². The summed E-state index contributed by atoms with van der Waals surface area (Å²) in [6.45, 7) is 5.28. The third-order valence-electron chi connectivity index (χ3n) is 6.91. The second-order valence-corrected chi connectivity index (χ2v) is 10.6. The van der Waals surface area contributed by atoms with Gasteiger partial charge in [-0.15, -0.1) is 0 Å². The third-order valence-corrected chi connectivity index (χ3v) is 7.86. The van der Waals surface area contributed by atoms with Crippen LogP contribution in [-0.2, 0) is 11.3 Å². The maximum absolute atomic E-state index is 10.3. The predicted molar refractivity (Wildman–Crippen MR) is 142 cm³/mol. The van der Waals surface area contributed by atoms with Gasteiger partial charge in [0.25, 0.3) is 0 Å². The largest absolute Gasteiger partial charge is 0.437 e. The van der Waals surface area contributed by atoms with Crippen LogP contribution >= 0.6 is 11.3 Å². The summed E-state index contributed by atoms with van der Waals surface area (Å²) < 4.78 is 14.4. The molecule has 1 aromatic carbocycles. The van der Waals surface area contributed by atoms with Gasteiger partial charge in [0.1, 0.15) is 5.75 Å². The lowest BCUT2D eigenvalue weighted by atomic mass is 9.93. The number of benzene rings is 1. The van der Waals surface area contributed by atoms with E-state index in [4.69, 9.17) is 9.47 Å². The van der Waals surface area contributed by atoms with Gasteiger partial charge in [-0.25, -0.2) is 9.97 Å². The molecule has 0 amide bonds. The fraction of sp³-hybridized carbons (Fsp3) is 0.462. The summed E-state index contributed by atoms with van der Waals surface area (Å²) in [6, 6.07) is 5.86. The van der Waals surface area contributed by atoms with Crippen molar-refractivity contribution in [2.24, 2.45) is 0 Å². The minimum atomic E-state index is -0.317. The molecular formula is C26H31N7O3S. The first-order valence-corrected chi connectivity index (χ1v) is 13.7. The first-order chi connectivity index (χ1) is 18.2. The monoisotopic (exact) mass is 521 g/mol. The molecule has 4 aromatic rings. The zero-order valence-electron chi connectivity index (χ0n) is 20.6. The number of nitrogens with zero attached hydrogens (tertiary/aromatic N) is 6. The van der Waals surface area contributed by atoms with Crippen LogP contribution in [-0.4, -0.2) is 79.7 Å². The molecule has 11 heteroatoms. The van der Waals surface area contributed by atoms with Crippen LogP contribution in [0.4, 0.5) is 5.13 Å². The highest BCUT2D eigenvalue weighted by molar-refractivity contribution is 7.22. The van der Waals surface area contributed by atoms with E-state index in [0.29, 0.717) is 17.3 Å². The average Bonchev–Trinajstić information content (AvgIpc) is 3.56. The molecule has 37 heavy (non-hydrogen) atoms. The second kappa shape index (κ2) is 11.1. The summed E-state index contributed by atoms with van der Waals surface area (Å²) in [6.07, 6.45) is 10.9. The number of anilines is 1. The van der Waals surface area contributed by atoms with Gasteiger partial charge < -0.3 is 19.9 Å². The van der Waals surface area contributed by atoms with Crippen molar-refractivity contribution >= 4 is 26.7 Å². The molecule has 3 aromatic heterocycles. The van der Waals surface area contributed by atoms with Gasteiger partial charge in [-0.3, -0.25) is 14.6 Å². The molecule has 0 bridgehead atoms. The van der Waals surface area contributed by atoms with E-state index in [-0.39, 0.29) is 12.1 Å². The van der Waals surface area contributed by atoms with Crippen LogP contribution in [0.2, 0.25) is 0 Å². The van der Waals surface area contributed by atoms with Gasteiger partial charge in [0, 0.05) is 37.5 Å². The number of hydrogen-bond acceptors (Lipinski definition) is 10. The molecule has 2 N–H and O–H groups in total. The summed E-state index contributed by atoms with van der Waals surface area (Å²) in [5.74, 6) is 1.10. The Morgan fingerprint density at radius 3 is 2.86 bits per heavy atom. The first kappa shape index (κ1) is 24.2. The highest BCUT2D eigenvalue weighted by Crippen LogP contribution is 2.33. The van der Waals surface area contributed by atoms with Gasteiger partial charge in [-0.05, 0) is 25.0 Å². The number of thiazole rings is 1. The Morgan fingerprint density at radius 2 is 1.97 bits per heavy atom. The van der Waals surface area contributed by atoms with Gasteiger partial charge in [0.05, 0.1) is 66.4 Å². The van der Waals surface area contributed by atoms with Gasteiger partial charge in [-0.1, -0.05) is 24.2 Å². The summed E-state index contributed by atoms with van der Waals surface area (Å²) in [4.78, 5) is 16.1. The fourth-order valence-electron chi connectivity index (χ4n) is 4.81. The van der Waals surface area contributed by atoms with Crippen molar-refractivity contribution in [3.8, 4) is 22.9 Å². The number of hydrogen-bond donors (Lipinski definition) is 2. The van der Waals surface area contributed by atoms with Crippen LogP contribution in [0.3, 0.4) is 0 Å². The summed E-state index contributed by atoms with van der Waals surface area (Å²) in [5.41, 5.74) is 2.51. The Balaban J connectivity index is 1.11. The molecule has 1 aliphatic carbocycles. The number of fused-ring (bicyclic) bond motifs is 1. The standard InChI is InChI=1S/C26H31N7O3S/c34-23-4-2-1-3-20(23)30-26-31-21-6-5-19(13-24(21)37-26)36-25-16-27-15-22(29-25)18-14-28-33(17-18)8-7-32-9-11-35-12-10-32/h5-6,13-17,20,23,34H,1-4,7-12H2,(H,30,31)/t20-,23-/m1/s1. The fourth-order valence-corrected chi connectivity index (χ4v) is 5.77. The zero-order valence-corrected chi connectivity index (χ0v) is 21.4. The molecule has 2 aliphatic rings. The number of rotatable bonds is 8. The number of aliphatic hydroxyl groups excluding tert-OH is 1. The molecule has 1 saturated carbocycles. The second-order valence-electron chi connectivity index (χ2n) is 9.54. The highest BCUT2D eigenvalue weighted by Gasteiger charge is 2.23. The Morgan fingerprint density at radius 1 is 1.08 bits per heavy atom. The van der Waals surface area contributed by atoms with Crippen molar-refractivity contribution in [2.45, 2.75) is 44.4 Å². The van der Waals surface area contributed by atoms with Crippen molar-refractivity contribution < 1.29 is 14.6 Å². The molecule has 0 spiro atoms. The van der Waals surface area contributed by atoms with Crippen molar-refractivity contribution in [2.75, 3.05) is 38.2 Å². The molecule has 10 nitrogen and oxygen atoms in total. The van der Waals surface area contributed by atoms with E-state index in [1.54, 1.807) is 23.7 Å². The number of aliphatic hydroxyl groups is 1. The number of nitrogens with one attached hydrogen (secondary N) is 1. The molecule has 0 unspecified atom stereocenters.